The summed E-state index contributed by atoms with van der Waals surface area (Å²) >= 11 is 0. The quantitative estimate of drug-likeness (QED) is 0.499. The lowest BCUT2D eigenvalue weighted by molar-refractivity contribution is -0.180. The Hall–Kier alpha value is -2.70. The molecular formula is C31H38N2O3Si. The van der Waals surface area contributed by atoms with Crippen molar-refractivity contribution in [3.05, 3.63) is 72.8 Å². The van der Waals surface area contributed by atoms with Crippen LogP contribution in [0.1, 0.15) is 53.9 Å². The van der Waals surface area contributed by atoms with Crippen molar-refractivity contribution in [2.75, 3.05) is 6.54 Å². The number of nitrogens with zero attached hydrogens (tertiary/aromatic N) is 1. The summed E-state index contributed by atoms with van der Waals surface area (Å²) in [6.07, 6.45) is 6.19. The monoisotopic (exact) mass is 514 g/mol. The molecule has 1 N–H and O–H groups in total. The van der Waals surface area contributed by atoms with E-state index in [1.165, 1.54) is 10.4 Å². The van der Waals surface area contributed by atoms with Gasteiger partial charge in [0.2, 0.25) is 5.91 Å². The Morgan fingerprint density at radius 2 is 1.57 bits per heavy atom. The molecular weight excluding hydrogens is 476 g/mol. The summed E-state index contributed by atoms with van der Waals surface area (Å²) < 4.78 is 7.57. The van der Waals surface area contributed by atoms with Gasteiger partial charge < -0.3 is 14.6 Å². The van der Waals surface area contributed by atoms with E-state index in [0.717, 1.165) is 12.8 Å². The summed E-state index contributed by atoms with van der Waals surface area (Å²) in [5.74, 6) is 0.0505. The maximum atomic E-state index is 13.9. The Labute approximate surface area is 221 Å². The second kappa shape index (κ2) is 7.90. The van der Waals surface area contributed by atoms with Gasteiger partial charge in [-0.15, -0.1) is 0 Å². The zero-order valence-electron chi connectivity index (χ0n) is 22.6. The van der Waals surface area contributed by atoms with E-state index in [-0.39, 0.29) is 34.3 Å². The number of piperidine rings is 2. The molecule has 194 valence electrons. The first kappa shape index (κ1) is 24.6. The number of carbonyl (C=O) groups is 2. The lowest BCUT2D eigenvalue weighted by Crippen LogP contribution is -2.83. The topological polar surface area (TPSA) is 58.6 Å². The molecule has 0 radical (unpaired) electrons. The molecule has 0 aromatic heterocycles. The second-order valence-electron chi connectivity index (χ2n) is 13.1. The minimum absolute atomic E-state index is 0.0210. The van der Waals surface area contributed by atoms with Gasteiger partial charge in [-0.2, -0.15) is 0 Å². The normalized spacial score (nSPS) is 32.2. The van der Waals surface area contributed by atoms with Crippen molar-refractivity contribution >= 4 is 30.5 Å². The molecule has 4 fully saturated rings. The number of nitrogens with one attached hydrogen (secondary N) is 1. The van der Waals surface area contributed by atoms with Crippen molar-refractivity contribution in [3.63, 3.8) is 0 Å². The van der Waals surface area contributed by atoms with Gasteiger partial charge in [0.15, 0.2) is 0 Å². The minimum Gasteiger partial charge on any atom is -0.401 e. The standard InChI is InChI=1S/C31H38N2O3Si/c1-28(2,3)37(22-13-8-6-9-14-22,23-15-10-7-11-16-23)36-25-17-19-31-24(29(25,4)5)21-30(26(34)32-31)18-12-20-33(30)27(31)35/h6-11,13-17,19,24-25H,12,18,20-21H2,1-5H3,(H,32,34)/t24?,25-,30-,31-/m1/s1. The molecule has 2 amide bonds. The summed E-state index contributed by atoms with van der Waals surface area (Å²) in [7, 11) is -2.80. The number of rotatable bonds is 4. The number of hydrogen-bond acceptors (Lipinski definition) is 3. The number of benzene rings is 2. The van der Waals surface area contributed by atoms with Crippen LogP contribution in [-0.2, 0) is 14.0 Å². The number of hydrogen-bond donors (Lipinski definition) is 1. The van der Waals surface area contributed by atoms with Crippen molar-refractivity contribution in [2.24, 2.45) is 11.3 Å². The van der Waals surface area contributed by atoms with Crippen LogP contribution in [0.15, 0.2) is 72.8 Å². The largest absolute Gasteiger partial charge is 0.401 e. The highest BCUT2D eigenvalue weighted by atomic mass is 28.4. The lowest BCUT2D eigenvalue weighted by atomic mass is 9.53. The van der Waals surface area contributed by atoms with Gasteiger partial charge in [0.1, 0.15) is 11.1 Å². The summed E-state index contributed by atoms with van der Waals surface area (Å²) in [6.45, 7) is 12.0. The van der Waals surface area contributed by atoms with Crippen LogP contribution in [0, 0.1) is 11.3 Å². The minimum atomic E-state index is -2.80. The fourth-order valence-electron chi connectivity index (χ4n) is 7.87. The fourth-order valence-corrected chi connectivity index (χ4v) is 12.6. The van der Waals surface area contributed by atoms with Gasteiger partial charge in [0.25, 0.3) is 14.2 Å². The summed E-state index contributed by atoms with van der Waals surface area (Å²) in [5, 5.41) is 5.55. The van der Waals surface area contributed by atoms with Crippen LogP contribution in [0.3, 0.4) is 0 Å². The van der Waals surface area contributed by atoms with E-state index in [9.17, 15) is 9.59 Å². The van der Waals surface area contributed by atoms with E-state index < -0.39 is 19.4 Å². The third-order valence-corrected chi connectivity index (χ3v) is 14.8. The summed E-state index contributed by atoms with van der Waals surface area (Å²) in [6, 6.07) is 21.4. The highest BCUT2D eigenvalue weighted by molar-refractivity contribution is 6.99. The third kappa shape index (κ3) is 3.12. The van der Waals surface area contributed by atoms with Crippen LogP contribution >= 0.6 is 0 Å². The van der Waals surface area contributed by atoms with E-state index >= 15 is 0 Å². The average Bonchev–Trinajstić information content (AvgIpc) is 3.31. The summed E-state index contributed by atoms with van der Waals surface area (Å²) in [4.78, 5) is 29.1. The maximum Gasteiger partial charge on any atom is 0.261 e. The van der Waals surface area contributed by atoms with E-state index in [1.807, 2.05) is 11.0 Å². The predicted octanol–water partition coefficient (Wildman–Crippen LogP) is 3.78. The molecule has 2 aromatic carbocycles. The molecule has 4 saturated heterocycles. The third-order valence-electron chi connectivity index (χ3n) is 9.81. The zero-order chi connectivity index (χ0) is 26.3. The van der Waals surface area contributed by atoms with Crippen LogP contribution in [0.5, 0.6) is 0 Å². The predicted molar refractivity (Wildman–Crippen MR) is 148 cm³/mol. The highest BCUT2D eigenvalue weighted by Crippen LogP contribution is 2.58. The molecule has 7 rings (SSSR count). The maximum absolute atomic E-state index is 13.9. The molecule has 2 bridgehead atoms. The molecule has 0 saturated carbocycles. The zero-order valence-corrected chi connectivity index (χ0v) is 23.6. The highest BCUT2D eigenvalue weighted by Gasteiger charge is 2.72. The van der Waals surface area contributed by atoms with Gasteiger partial charge in [-0.3, -0.25) is 9.59 Å². The Morgan fingerprint density at radius 1 is 0.973 bits per heavy atom. The molecule has 2 spiro atoms. The van der Waals surface area contributed by atoms with Gasteiger partial charge in [0, 0.05) is 12.5 Å². The second-order valence-corrected chi connectivity index (χ2v) is 17.3. The van der Waals surface area contributed by atoms with E-state index in [1.54, 1.807) is 0 Å². The van der Waals surface area contributed by atoms with E-state index in [0.29, 0.717) is 13.0 Å². The van der Waals surface area contributed by atoms with Crippen molar-refractivity contribution in [3.8, 4) is 0 Å². The number of amides is 2. The molecule has 5 nitrogen and oxygen atoms in total. The molecule has 6 heteroatoms. The molecule has 1 unspecified atom stereocenters. The van der Waals surface area contributed by atoms with Crippen molar-refractivity contribution < 1.29 is 14.0 Å². The van der Waals surface area contributed by atoms with Crippen LogP contribution in [0.4, 0.5) is 0 Å². The Morgan fingerprint density at radius 3 is 2.14 bits per heavy atom. The van der Waals surface area contributed by atoms with Gasteiger partial charge in [-0.1, -0.05) is 107 Å². The van der Waals surface area contributed by atoms with Crippen molar-refractivity contribution in [2.45, 2.75) is 76.1 Å². The van der Waals surface area contributed by atoms with Gasteiger partial charge >= 0.3 is 0 Å². The number of carbonyl (C=O) groups excluding carboxylic acids is 2. The SMILES string of the molecule is CC1(C)C2C[C@@]34CCCN3C(=O)[C@]2(C=C[C@H]1O[Si](c1ccccc1)(c1ccccc1)C(C)(C)C)NC4=O. The molecule has 4 atom stereocenters. The van der Waals surface area contributed by atoms with Crippen molar-refractivity contribution in [1.29, 1.82) is 0 Å². The van der Waals surface area contributed by atoms with E-state index in [4.69, 9.17) is 4.43 Å². The molecule has 2 aromatic rings. The smallest absolute Gasteiger partial charge is 0.261 e. The van der Waals surface area contributed by atoms with Crippen molar-refractivity contribution in [1.82, 2.24) is 10.2 Å². The average molecular weight is 515 g/mol. The first-order chi connectivity index (χ1) is 17.5. The first-order valence-corrected chi connectivity index (χ1v) is 15.5. The lowest BCUT2D eigenvalue weighted by Gasteiger charge is -2.64. The number of piperazine rings is 1. The van der Waals surface area contributed by atoms with Gasteiger partial charge in [-0.25, -0.2) is 0 Å². The summed E-state index contributed by atoms with van der Waals surface area (Å²) in [5.41, 5.74) is -2.04. The molecule has 37 heavy (non-hydrogen) atoms. The van der Waals surface area contributed by atoms with Crippen LogP contribution in [0.25, 0.3) is 0 Å². The Kier molecular flexibility index (Phi) is 5.26. The van der Waals surface area contributed by atoms with Gasteiger partial charge in [0.05, 0.1) is 6.10 Å². The van der Waals surface area contributed by atoms with Crippen LogP contribution < -0.4 is 15.7 Å². The Balaban J connectivity index is 1.50. The fraction of sp³-hybridized carbons (Fsp3) is 0.484. The van der Waals surface area contributed by atoms with E-state index in [2.05, 4.69) is 107 Å². The Bertz CT molecular complexity index is 1230. The first-order valence-electron chi connectivity index (χ1n) is 13.6. The van der Waals surface area contributed by atoms with Crippen LogP contribution in [0.2, 0.25) is 5.04 Å². The molecule has 1 aliphatic carbocycles. The molecule has 4 heterocycles. The van der Waals surface area contributed by atoms with Crippen LogP contribution in [-0.4, -0.2) is 48.8 Å². The number of fused-ring (bicyclic) bond motifs is 1. The molecule has 5 aliphatic rings. The van der Waals surface area contributed by atoms with Gasteiger partial charge in [-0.05, 0) is 40.1 Å². The molecule has 4 aliphatic heterocycles.